The van der Waals surface area contributed by atoms with Gasteiger partial charge in [-0.15, -0.1) is 24.8 Å². The number of aromatic nitrogens is 1. The molecule has 0 bridgehead atoms. The number of para-hydroxylation sites is 1. The van der Waals surface area contributed by atoms with Crippen molar-refractivity contribution in [2.45, 2.75) is 52.1 Å². The van der Waals surface area contributed by atoms with Crippen molar-refractivity contribution in [3.63, 3.8) is 0 Å². The number of aromatic hydroxyl groups is 1. The van der Waals surface area contributed by atoms with Crippen LogP contribution >= 0.6 is 24.8 Å². The van der Waals surface area contributed by atoms with Crippen molar-refractivity contribution >= 4 is 24.8 Å². The van der Waals surface area contributed by atoms with E-state index in [2.05, 4.69) is 43.6 Å². The van der Waals surface area contributed by atoms with Gasteiger partial charge in [-0.25, -0.2) is 0 Å². The van der Waals surface area contributed by atoms with Crippen LogP contribution in [0.25, 0.3) is 0 Å². The van der Waals surface area contributed by atoms with Gasteiger partial charge in [-0.1, -0.05) is 24.3 Å². The lowest BCUT2D eigenvalue weighted by atomic mass is 9.88. The van der Waals surface area contributed by atoms with Gasteiger partial charge in [0.1, 0.15) is 5.75 Å². The second kappa shape index (κ2) is 11.3. The summed E-state index contributed by atoms with van der Waals surface area (Å²) >= 11 is 0. The average molecular weight is 385 g/mol. The summed E-state index contributed by atoms with van der Waals surface area (Å²) in [5.74, 6) is 0.520. The zero-order valence-electron chi connectivity index (χ0n) is 15.4. The normalized spacial score (nSPS) is 12.0. The Hall–Kier alpha value is -1.29. The third-order valence-electron chi connectivity index (χ3n) is 4.40. The van der Waals surface area contributed by atoms with Crippen LogP contribution < -0.4 is 0 Å². The van der Waals surface area contributed by atoms with Crippen LogP contribution in [0.4, 0.5) is 0 Å². The number of pyridine rings is 1. The molecule has 0 spiro atoms. The quantitative estimate of drug-likeness (QED) is 0.705. The number of halogens is 2. The van der Waals surface area contributed by atoms with Gasteiger partial charge in [0.15, 0.2) is 0 Å². The summed E-state index contributed by atoms with van der Waals surface area (Å²) in [6.45, 7) is 9.93. The van der Waals surface area contributed by atoms with Crippen LogP contribution in [0, 0.1) is 0 Å². The molecular formula is C20H30Cl2N2O. The van der Waals surface area contributed by atoms with Gasteiger partial charge in [0.2, 0.25) is 0 Å². The molecule has 1 atom stereocenters. The fraction of sp³-hybridized carbons (Fsp3) is 0.450. The Kier molecular flexibility index (Phi) is 10.8. The molecule has 0 amide bonds. The highest BCUT2D eigenvalue weighted by Gasteiger charge is 2.21. The summed E-state index contributed by atoms with van der Waals surface area (Å²) in [4.78, 5) is 6.75. The molecule has 1 aromatic heterocycles. The van der Waals surface area contributed by atoms with Gasteiger partial charge in [0, 0.05) is 36.0 Å². The van der Waals surface area contributed by atoms with Crippen molar-refractivity contribution in [3.8, 4) is 5.75 Å². The number of phenolic OH excluding ortho intramolecular Hbond substituents is 1. The molecule has 5 heteroatoms. The number of rotatable bonds is 7. The van der Waals surface area contributed by atoms with Crippen LogP contribution in [0.15, 0.2) is 48.8 Å². The highest BCUT2D eigenvalue weighted by molar-refractivity contribution is 5.85. The minimum Gasteiger partial charge on any atom is -0.508 e. The first-order valence-electron chi connectivity index (χ1n) is 8.44. The molecule has 0 saturated heterocycles. The van der Waals surface area contributed by atoms with Crippen molar-refractivity contribution < 1.29 is 5.11 Å². The number of hydrogen-bond donors (Lipinski definition) is 1. The number of phenols is 1. The highest BCUT2D eigenvalue weighted by Crippen LogP contribution is 2.33. The van der Waals surface area contributed by atoms with Gasteiger partial charge in [-0.3, -0.25) is 9.88 Å². The minimum atomic E-state index is 0. The van der Waals surface area contributed by atoms with Crippen molar-refractivity contribution in [1.82, 2.24) is 9.88 Å². The molecule has 0 aliphatic rings. The van der Waals surface area contributed by atoms with E-state index in [0.29, 0.717) is 17.8 Å². The van der Waals surface area contributed by atoms with Gasteiger partial charge in [0.05, 0.1) is 0 Å². The Balaban J connectivity index is 0.00000288. The molecule has 2 rings (SSSR count). The van der Waals surface area contributed by atoms with Crippen LogP contribution in [0.2, 0.25) is 0 Å². The second-order valence-corrected chi connectivity index (χ2v) is 6.61. The van der Waals surface area contributed by atoms with Gasteiger partial charge in [-0.05, 0) is 58.4 Å². The van der Waals surface area contributed by atoms with E-state index in [1.54, 1.807) is 12.3 Å². The summed E-state index contributed by atoms with van der Waals surface area (Å²) in [6, 6.07) is 12.7. The summed E-state index contributed by atoms with van der Waals surface area (Å²) in [5, 5.41) is 10.3. The lowest BCUT2D eigenvalue weighted by Crippen LogP contribution is -2.38. The molecular weight excluding hydrogens is 355 g/mol. The van der Waals surface area contributed by atoms with Crippen molar-refractivity contribution in [2.24, 2.45) is 0 Å². The second-order valence-electron chi connectivity index (χ2n) is 6.61. The lowest BCUT2D eigenvalue weighted by molar-refractivity contribution is 0.170. The fourth-order valence-electron chi connectivity index (χ4n) is 3.26. The van der Waals surface area contributed by atoms with Gasteiger partial charge < -0.3 is 5.11 Å². The first-order valence-corrected chi connectivity index (χ1v) is 8.44. The standard InChI is InChI=1S/C20H28N2O.2ClH/c1-15(2)22(16(3)4)13-11-18(17-8-7-12-21-14-17)19-9-5-6-10-20(19)23;;/h5-10,12,14-16,18,23H,11,13H2,1-4H3;2*1H. The molecule has 1 N–H and O–H groups in total. The number of hydrogen-bond acceptors (Lipinski definition) is 3. The van der Waals surface area contributed by atoms with Crippen molar-refractivity contribution in [1.29, 1.82) is 0 Å². The van der Waals surface area contributed by atoms with E-state index >= 15 is 0 Å². The Labute approximate surface area is 164 Å². The zero-order chi connectivity index (χ0) is 16.8. The van der Waals surface area contributed by atoms with Crippen LogP contribution in [-0.2, 0) is 0 Å². The van der Waals surface area contributed by atoms with Crippen molar-refractivity contribution in [2.75, 3.05) is 6.54 Å². The molecule has 3 nitrogen and oxygen atoms in total. The van der Waals surface area contributed by atoms with Crippen LogP contribution in [0.3, 0.4) is 0 Å². The third-order valence-corrected chi connectivity index (χ3v) is 4.40. The molecule has 0 radical (unpaired) electrons. The van der Waals surface area contributed by atoms with E-state index in [4.69, 9.17) is 0 Å². The van der Waals surface area contributed by atoms with Gasteiger partial charge in [-0.2, -0.15) is 0 Å². The molecule has 1 unspecified atom stereocenters. The largest absolute Gasteiger partial charge is 0.508 e. The summed E-state index contributed by atoms with van der Waals surface area (Å²) < 4.78 is 0. The first kappa shape index (κ1) is 23.7. The van der Waals surface area contributed by atoms with E-state index in [1.807, 2.05) is 30.5 Å². The van der Waals surface area contributed by atoms with Crippen LogP contribution in [0.1, 0.15) is 51.2 Å². The summed E-state index contributed by atoms with van der Waals surface area (Å²) in [7, 11) is 0. The van der Waals surface area contributed by atoms with E-state index in [-0.39, 0.29) is 30.7 Å². The zero-order valence-corrected chi connectivity index (χ0v) is 17.1. The SMILES string of the molecule is CC(C)N(CCC(c1cccnc1)c1ccccc1O)C(C)C.Cl.Cl. The van der Waals surface area contributed by atoms with E-state index in [9.17, 15) is 5.11 Å². The fourth-order valence-corrected chi connectivity index (χ4v) is 3.26. The number of benzene rings is 1. The van der Waals surface area contributed by atoms with E-state index < -0.39 is 0 Å². The maximum Gasteiger partial charge on any atom is 0.119 e. The van der Waals surface area contributed by atoms with E-state index in [1.165, 1.54) is 0 Å². The molecule has 1 heterocycles. The van der Waals surface area contributed by atoms with Gasteiger partial charge in [0.25, 0.3) is 0 Å². The topological polar surface area (TPSA) is 36.4 Å². The van der Waals surface area contributed by atoms with Gasteiger partial charge >= 0.3 is 0 Å². The molecule has 0 saturated carbocycles. The molecule has 140 valence electrons. The molecule has 0 fully saturated rings. The molecule has 1 aromatic carbocycles. The Morgan fingerprint density at radius 3 is 2.12 bits per heavy atom. The predicted octanol–water partition coefficient (Wildman–Crippen LogP) is 5.27. The Morgan fingerprint density at radius 1 is 0.960 bits per heavy atom. The molecule has 0 aliphatic carbocycles. The molecule has 25 heavy (non-hydrogen) atoms. The highest BCUT2D eigenvalue weighted by atomic mass is 35.5. The predicted molar refractivity (Wildman–Crippen MR) is 110 cm³/mol. The maximum absolute atomic E-state index is 10.3. The van der Waals surface area contributed by atoms with E-state index in [0.717, 1.165) is 24.1 Å². The summed E-state index contributed by atoms with van der Waals surface area (Å²) in [6.07, 6.45) is 4.66. The minimum absolute atomic E-state index is 0. The molecule has 0 aliphatic heterocycles. The Bertz CT molecular complexity index is 598. The van der Waals surface area contributed by atoms with Crippen LogP contribution in [-0.4, -0.2) is 33.6 Å². The third kappa shape index (κ3) is 6.50. The maximum atomic E-state index is 10.3. The first-order chi connectivity index (χ1) is 11.0. The smallest absolute Gasteiger partial charge is 0.119 e. The monoisotopic (exact) mass is 384 g/mol. The lowest BCUT2D eigenvalue weighted by Gasteiger charge is -2.32. The molecule has 2 aromatic rings. The summed E-state index contributed by atoms with van der Waals surface area (Å²) in [5.41, 5.74) is 2.13. The Morgan fingerprint density at radius 2 is 1.60 bits per heavy atom. The van der Waals surface area contributed by atoms with Crippen molar-refractivity contribution in [3.05, 3.63) is 59.9 Å². The van der Waals surface area contributed by atoms with Crippen LogP contribution in [0.5, 0.6) is 5.75 Å². The number of nitrogens with zero attached hydrogens (tertiary/aromatic N) is 2. The average Bonchev–Trinajstić information content (AvgIpc) is 2.53.